The molecule has 1 rings (SSSR count). The van der Waals surface area contributed by atoms with E-state index in [1.807, 2.05) is 5.32 Å². The van der Waals surface area contributed by atoms with Crippen LogP contribution in [0.1, 0.15) is 6.92 Å². The molecular weight excluding hydrogens is 224 g/mol. The first-order valence-corrected chi connectivity index (χ1v) is 5.38. The molecule has 1 heterocycles. The number of imide groups is 1. The molecule has 76 valence electrons. The van der Waals surface area contributed by atoms with Gasteiger partial charge in [0.25, 0.3) is 0 Å². The highest BCUT2D eigenvalue weighted by molar-refractivity contribution is 8.02. The number of hydrogen-bond donors (Lipinski definition) is 2. The topological polar surface area (TPSA) is 98.0 Å². The van der Waals surface area contributed by atoms with Crippen LogP contribution in [0.15, 0.2) is 9.85 Å². The number of aromatic nitrogens is 2. The molecule has 1 aromatic heterocycles. The van der Waals surface area contributed by atoms with Crippen LogP contribution in [0, 0.1) is 0 Å². The van der Waals surface area contributed by atoms with Gasteiger partial charge in [-0.1, -0.05) is 23.1 Å². The molecule has 0 aromatic carbocycles. The van der Waals surface area contributed by atoms with Gasteiger partial charge in [0.05, 0.1) is 5.25 Å². The van der Waals surface area contributed by atoms with E-state index in [-0.39, 0.29) is 0 Å². The SMILES string of the molecule is C[C@@H](Sc1nncs1)C(=O)NC(N)=O. The van der Waals surface area contributed by atoms with Crippen LogP contribution in [0.25, 0.3) is 0 Å². The molecule has 0 aliphatic carbocycles. The van der Waals surface area contributed by atoms with Crippen LogP contribution in [0.3, 0.4) is 0 Å². The molecule has 8 heteroatoms. The monoisotopic (exact) mass is 232 g/mol. The second-order valence-corrected chi connectivity index (χ2v) is 4.74. The lowest BCUT2D eigenvalue weighted by Gasteiger charge is -2.06. The third-order valence-electron chi connectivity index (χ3n) is 1.23. The number of rotatable bonds is 3. The van der Waals surface area contributed by atoms with E-state index in [1.165, 1.54) is 23.1 Å². The molecule has 0 spiro atoms. The number of carbonyl (C=O) groups is 2. The summed E-state index contributed by atoms with van der Waals surface area (Å²) in [5.41, 5.74) is 6.37. The van der Waals surface area contributed by atoms with E-state index in [9.17, 15) is 9.59 Å². The van der Waals surface area contributed by atoms with Crippen LogP contribution >= 0.6 is 23.1 Å². The lowest BCUT2D eigenvalue weighted by atomic mass is 10.4. The second-order valence-electron chi connectivity index (χ2n) is 2.32. The predicted octanol–water partition coefficient (Wildman–Crippen LogP) is 0.214. The van der Waals surface area contributed by atoms with Crippen LogP contribution in [0.2, 0.25) is 0 Å². The van der Waals surface area contributed by atoms with Crippen molar-refractivity contribution in [3.05, 3.63) is 5.51 Å². The Kier molecular flexibility index (Phi) is 3.84. The molecule has 3 amide bonds. The molecule has 0 unspecified atom stereocenters. The molecular formula is C6H8N4O2S2. The fourth-order valence-corrected chi connectivity index (χ4v) is 2.27. The van der Waals surface area contributed by atoms with Crippen molar-refractivity contribution in [2.45, 2.75) is 16.5 Å². The number of amides is 3. The summed E-state index contributed by atoms with van der Waals surface area (Å²) in [6.45, 7) is 1.66. The molecule has 1 atom stereocenters. The molecule has 0 aliphatic heterocycles. The van der Waals surface area contributed by atoms with Gasteiger partial charge >= 0.3 is 6.03 Å². The normalized spacial score (nSPS) is 12.1. The first-order valence-electron chi connectivity index (χ1n) is 3.62. The van der Waals surface area contributed by atoms with Gasteiger partial charge in [-0.2, -0.15) is 0 Å². The van der Waals surface area contributed by atoms with E-state index >= 15 is 0 Å². The van der Waals surface area contributed by atoms with E-state index in [0.717, 1.165) is 0 Å². The number of nitrogens with zero attached hydrogens (tertiary/aromatic N) is 2. The van der Waals surface area contributed by atoms with Crippen molar-refractivity contribution < 1.29 is 9.59 Å². The highest BCUT2D eigenvalue weighted by Gasteiger charge is 2.16. The Balaban J connectivity index is 2.46. The Labute approximate surface area is 88.3 Å². The van der Waals surface area contributed by atoms with Crippen LogP contribution < -0.4 is 11.1 Å². The van der Waals surface area contributed by atoms with Gasteiger partial charge in [-0.25, -0.2) is 4.79 Å². The lowest BCUT2D eigenvalue weighted by Crippen LogP contribution is -2.39. The van der Waals surface area contributed by atoms with Crippen molar-refractivity contribution in [1.82, 2.24) is 15.5 Å². The van der Waals surface area contributed by atoms with Crippen LogP contribution in [-0.2, 0) is 4.79 Å². The van der Waals surface area contributed by atoms with Gasteiger partial charge in [0.15, 0.2) is 4.34 Å². The van der Waals surface area contributed by atoms with Crippen LogP contribution in [0.5, 0.6) is 0 Å². The fraction of sp³-hybridized carbons (Fsp3) is 0.333. The van der Waals surface area contributed by atoms with Crippen molar-refractivity contribution in [3.8, 4) is 0 Å². The molecule has 0 bridgehead atoms. The standard InChI is InChI=1S/C6H8N4O2S2/c1-3(4(11)9-5(7)12)14-6-10-8-2-13-6/h2-3H,1H3,(H3,7,9,11,12)/t3-/m1/s1. The first kappa shape index (κ1) is 10.9. The van der Waals surface area contributed by atoms with E-state index < -0.39 is 17.2 Å². The summed E-state index contributed by atoms with van der Waals surface area (Å²) in [7, 11) is 0. The van der Waals surface area contributed by atoms with Crippen molar-refractivity contribution in [2.24, 2.45) is 5.73 Å². The van der Waals surface area contributed by atoms with Gasteiger partial charge in [0.1, 0.15) is 5.51 Å². The molecule has 3 N–H and O–H groups in total. The Morgan fingerprint density at radius 2 is 2.43 bits per heavy atom. The summed E-state index contributed by atoms with van der Waals surface area (Å²) >= 11 is 2.56. The molecule has 6 nitrogen and oxygen atoms in total. The Morgan fingerprint density at radius 3 is 2.93 bits per heavy atom. The van der Waals surface area contributed by atoms with Gasteiger partial charge in [0.2, 0.25) is 5.91 Å². The first-order chi connectivity index (χ1) is 6.59. The molecule has 0 saturated carbocycles. The van der Waals surface area contributed by atoms with Crippen molar-refractivity contribution in [1.29, 1.82) is 0 Å². The summed E-state index contributed by atoms with van der Waals surface area (Å²) in [5, 5.41) is 8.94. The average molecular weight is 232 g/mol. The highest BCUT2D eigenvalue weighted by Crippen LogP contribution is 2.23. The number of carbonyl (C=O) groups excluding carboxylic acids is 2. The van der Waals surface area contributed by atoms with E-state index in [4.69, 9.17) is 5.73 Å². The number of thioether (sulfide) groups is 1. The third kappa shape index (κ3) is 3.30. The zero-order valence-corrected chi connectivity index (χ0v) is 8.89. The molecule has 14 heavy (non-hydrogen) atoms. The largest absolute Gasteiger partial charge is 0.351 e. The number of hydrogen-bond acceptors (Lipinski definition) is 6. The minimum absolute atomic E-state index is 0.421. The Hall–Kier alpha value is -1.15. The smallest absolute Gasteiger partial charge is 0.318 e. The zero-order valence-electron chi connectivity index (χ0n) is 7.26. The molecule has 0 aliphatic rings. The summed E-state index contributed by atoms with van der Waals surface area (Å²) in [4.78, 5) is 21.6. The molecule has 0 fully saturated rings. The van der Waals surface area contributed by atoms with Crippen molar-refractivity contribution >= 4 is 35.0 Å². The van der Waals surface area contributed by atoms with E-state index in [1.54, 1.807) is 12.4 Å². The fourth-order valence-electron chi connectivity index (χ4n) is 0.642. The van der Waals surface area contributed by atoms with Crippen LogP contribution in [0.4, 0.5) is 4.79 Å². The minimum Gasteiger partial charge on any atom is -0.351 e. The van der Waals surface area contributed by atoms with Gasteiger partial charge in [-0.05, 0) is 6.92 Å². The van der Waals surface area contributed by atoms with Gasteiger partial charge < -0.3 is 5.73 Å². The van der Waals surface area contributed by atoms with E-state index in [2.05, 4.69) is 10.2 Å². The third-order valence-corrected chi connectivity index (χ3v) is 3.14. The molecule has 0 radical (unpaired) electrons. The van der Waals surface area contributed by atoms with Crippen molar-refractivity contribution in [3.63, 3.8) is 0 Å². The number of nitrogens with one attached hydrogen (secondary N) is 1. The van der Waals surface area contributed by atoms with Gasteiger partial charge in [-0.3, -0.25) is 10.1 Å². The highest BCUT2D eigenvalue weighted by atomic mass is 32.2. The van der Waals surface area contributed by atoms with Gasteiger partial charge in [-0.15, -0.1) is 10.2 Å². The molecule has 1 aromatic rings. The lowest BCUT2D eigenvalue weighted by molar-refractivity contribution is -0.119. The van der Waals surface area contributed by atoms with Gasteiger partial charge in [0, 0.05) is 0 Å². The molecule has 0 saturated heterocycles. The summed E-state index contributed by atoms with van der Waals surface area (Å²) in [6, 6.07) is -0.847. The number of urea groups is 1. The predicted molar refractivity (Wildman–Crippen MR) is 53.0 cm³/mol. The van der Waals surface area contributed by atoms with Crippen molar-refractivity contribution in [2.75, 3.05) is 0 Å². The maximum atomic E-state index is 11.2. The minimum atomic E-state index is -0.847. The summed E-state index contributed by atoms with van der Waals surface area (Å²) in [6.07, 6.45) is 0. The van der Waals surface area contributed by atoms with Crippen LogP contribution in [-0.4, -0.2) is 27.4 Å². The quantitative estimate of drug-likeness (QED) is 0.726. The maximum Gasteiger partial charge on any atom is 0.318 e. The number of primary amides is 1. The summed E-state index contributed by atoms with van der Waals surface area (Å²) in [5.74, 6) is -0.433. The Morgan fingerprint density at radius 1 is 1.71 bits per heavy atom. The number of nitrogens with two attached hydrogens (primary N) is 1. The maximum absolute atomic E-state index is 11.2. The second kappa shape index (κ2) is 4.91. The zero-order chi connectivity index (χ0) is 10.6. The average Bonchev–Trinajstić information content (AvgIpc) is 2.55. The summed E-state index contributed by atoms with van der Waals surface area (Å²) < 4.78 is 0.678. The van der Waals surface area contributed by atoms with E-state index in [0.29, 0.717) is 4.34 Å². The Bertz CT molecular complexity index is 327.